The highest BCUT2D eigenvalue weighted by Gasteiger charge is 2.03. The molecular weight excluding hydrogens is 204 g/mol. The highest BCUT2D eigenvalue weighted by molar-refractivity contribution is 5.89. The highest BCUT2D eigenvalue weighted by atomic mass is 16.2. The van der Waals surface area contributed by atoms with Crippen molar-refractivity contribution in [2.75, 3.05) is 5.32 Å². The summed E-state index contributed by atoms with van der Waals surface area (Å²) in [5.41, 5.74) is 1.06. The minimum atomic E-state index is -0.116. The summed E-state index contributed by atoms with van der Waals surface area (Å²) in [6, 6.07) is 3.68. The van der Waals surface area contributed by atoms with Crippen molar-refractivity contribution in [1.82, 2.24) is 14.5 Å². The third-order valence-electron chi connectivity index (χ3n) is 2.06. The summed E-state index contributed by atoms with van der Waals surface area (Å²) >= 11 is 0. The Bertz CT molecular complexity index is 461. The van der Waals surface area contributed by atoms with E-state index in [1.807, 2.05) is 13.0 Å². The van der Waals surface area contributed by atoms with Crippen LogP contribution in [-0.4, -0.2) is 20.4 Å². The molecule has 0 aliphatic rings. The topological polar surface area (TPSA) is 59.8 Å². The zero-order valence-electron chi connectivity index (χ0n) is 8.92. The van der Waals surface area contributed by atoms with Crippen molar-refractivity contribution in [3.8, 4) is 0 Å². The van der Waals surface area contributed by atoms with Crippen LogP contribution in [0, 0.1) is 6.92 Å². The van der Waals surface area contributed by atoms with E-state index in [0.29, 0.717) is 5.82 Å². The quantitative estimate of drug-likeness (QED) is 0.839. The van der Waals surface area contributed by atoms with Crippen LogP contribution in [-0.2, 0) is 11.3 Å². The molecule has 0 unspecified atom stereocenters. The van der Waals surface area contributed by atoms with Crippen LogP contribution in [0.4, 0.5) is 5.82 Å². The Morgan fingerprint density at radius 2 is 2.38 bits per heavy atom. The predicted molar refractivity (Wildman–Crippen MR) is 59.8 cm³/mol. The number of carbonyl (C=O) groups is 1. The molecule has 0 saturated heterocycles. The van der Waals surface area contributed by atoms with Gasteiger partial charge in [-0.15, -0.1) is 0 Å². The van der Waals surface area contributed by atoms with E-state index in [9.17, 15) is 4.79 Å². The number of imidazole rings is 1. The van der Waals surface area contributed by atoms with Gasteiger partial charge in [-0.25, -0.2) is 9.97 Å². The second-order valence-electron chi connectivity index (χ2n) is 3.50. The van der Waals surface area contributed by atoms with Crippen LogP contribution in [0.5, 0.6) is 0 Å². The molecule has 0 fully saturated rings. The number of anilines is 1. The lowest BCUT2D eigenvalue weighted by Crippen LogP contribution is -2.18. The summed E-state index contributed by atoms with van der Waals surface area (Å²) in [7, 11) is 0. The Hall–Kier alpha value is -2.17. The first-order chi connectivity index (χ1) is 7.74. The van der Waals surface area contributed by atoms with Gasteiger partial charge in [-0.05, 0) is 18.6 Å². The third kappa shape index (κ3) is 2.66. The van der Waals surface area contributed by atoms with Crippen LogP contribution in [0.1, 0.15) is 5.56 Å². The molecule has 0 aromatic carbocycles. The summed E-state index contributed by atoms with van der Waals surface area (Å²) in [4.78, 5) is 19.5. The van der Waals surface area contributed by atoms with E-state index in [2.05, 4.69) is 15.3 Å². The van der Waals surface area contributed by atoms with Crippen LogP contribution in [0.2, 0.25) is 0 Å². The lowest BCUT2D eigenvalue weighted by molar-refractivity contribution is -0.116. The fourth-order valence-electron chi connectivity index (χ4n) is 1.27. The molecule has 0 spiro atoms. The van der Waals surface area contributed by atoms with Gasteiger partial charge in [0.15, 0.2) is 0 Å². The molecule has 2 heterocycles. The number of nitrogens with zero attached hydrogens (tertiary/aromatic N) is 3. The molecule has 16 heavy (non-hydrogen) atoms. The van der Waals surface area contributed by atoms with Crippen molar-refractivity contribution in [2.45, 2.75) is 13.5 Å². The number of carbonyl (C=O) groups excluding carboxylic acids is 1. The van der Waals surface area contributed by atoms with Crippen LogP contribution in [0.15, 0.2) is 37.1 Å². The Labute approximate surface area is 93.2 Å². The first-order valence-electron chi connectivity index (χ1n) is 4.92. The normalized spacial score (nSPS) is 10.1. The lowest BCUT2D eigenvalue weighted by atomic mass is 10.3. The first kappa shape index (κ1) is 10.4. The zero-order chi connectivity index (χ0) is 11.4. The minimum absolute atomic E-state index is 0.116. The van der Waals surface area contributed by atoms with Crippen molar-refractivity contribution in [1.29, 1.82) is 0 Å². The minimum Gasteiger partial charge on any atom is -0.328 e. The van der Waals surface area contributed by atoms with E-state index in [0.717, 1.165) is 5.56 Å². The molecule has 2 aromatic rings. The number of rotatable bonds is 3. The first-order valence-corrected chi connectivity index (χ1v) is 4.92. The Kier molecular flexibility index (Phi) is 2.95. The Balaban J connectivity index is 1.95. The van der Waals surface area contributed by atoms with Crippen LogP contribution < -0.4 is 5.32 Å². The average Bonchev–Trinajstić information content (AvgIpc) is 2.74. The summed E-state index contributed by atoms with van der Waals surface area (Å²) in [6.07, 6.45) is 6.69. The number of aromatic nitrogens is 3. The van der Waals surface area contributed by atoms with Gasteiger partial charge >= 0.3 is 0 Å². The molecule has 0 radical (unpaired) electrons. The summed E-state index contributed by atoms with van der Waals surface area (Å²) in [5, 5.41) is 2.71. The van der Waals surface area contributed by atoms with Gasteiger partial charge in [-0.1, -0.05) is 6.07 Å². The summed E-state index contributed by atoms with van der Waals surface area (Å²) in [6.45, 7) is 2.19. The van der Waals surface area contributed by atoms with Gasteiger partial charge in [0.2, 0.25) is 5.91 Å². The van der Waals surface area contributed by atoms with E-state index in [1.165, 1.54) is 0 Å². The smallest absolute Gasteiger partial charge is 0.245 e. The van der Waals surface area contributed by atoms with Crippen molar-refractivity contribution in [3.63, 3.8) is 0 Å². The maximum atomic E-state index is 11.6. The number of hydrogen-bond acceptors (Lipinski definition) is 3. The second-order valence-corrected chi connectivity index (χ2v) is 3.50. The second kappa shape index (κ2) is 4.57. The Morgan fingerprint density at radius 3 is 3.00 bits per heavy atom. The number of hydrogen-bond donors (Lipinski definition) is 1. The van der Waals surface area contributed by atoms with Gasteiger partial charge in [0.25, 0.3) is 0 Å². The zero-order valence-corrected chi connectivity index (χ0v) is 8.92. The van der Waals surface area contributed by atoms with Crippen LogP contribution >= 0.6 is 0 Å². The lowest BCUT2D eigenvalue weighted by Gasteiger charge is -2.04. The van der Waals surface area contributed by atoms with Gasteiger partial charge in [0.1, 0.15) is 12.4 Å². The van der Waals surface area contributed by atoms with E-state index in [1.54, 1.807) is 35.6 Å². The number of aryl methyl sites for hydroxylation is 1. The largest absolute Gasteiger partial charge is 0.328 e. The highest BCUT2D eigenvalue weighted by Crippen LogP contribution is 2.03. The maximum Gasteiger partial charge on any atom is 0.245 e. The fourth-order valence-corrected chi connectivity index (χ4v) is 1.27. The fraction of sp³-hybridized carbons (Fsp3) is 0.182. The average molecular weight is 216 g/mol. The van der Waals surface area contributed by atoms with Crippen molar-refractivity contribution >= 4 is 11.7 Å². The van der Waals surface area contributed by atoms with Crippen molar-refractivity contribution < 1.29 is 4.79 Å². The van der Waals surface area contributed by atoms with Gasteiger partial charge < -0.3 is 9.88 Å². The molecule has 0 saturated carbocycles. The molecular formula is C11H12N4O. The SMILES string of the molecule is Cc1ccc(NC(=O)Cn2ccnc2)nc1. The number of pyridine rings is 1. The molecule has 5 nitrogen and oxygen atoms in total. The van der Waals surface area contributed by atoms with Crippen molar-refractivity contribution in [3.05, 3.63) is 42.6 Å². The van der Waals surface area contributed by atoms with E-state index >= 15 is 0 Å². The van der Waals surface area contributed by atoms with E-state index in [4.69, 9.17) is 0 Å². The number of amides is 1. The summed E-state index contributed by atoms with van der Waals surface area (Å²) in [5.74, 6) is 0.449. The molecule has 5 heteroatoms. The molecule has 1 N–H and O–H groups in total. The molecule has 2 rings (SSSR count). The number of nitrogens with one attached hydrogen (secondary N) is 1. The molecule has 0 bridgehead atoms. The van der Waals surface area contributed by atoms with Gasteiger partial charge in [-0.3, -0.25) is 4.79 Å². The van der Waals surface area contributed by atoms with Crippen LogP contribution in [0.3, 0.4) is 0 Å². The Morgan fingerprint density at radius 1 is 1.50 bits per heavy atom. The van der Waals surface area contributed by atoms with Gasteiger partial charge in [0, 0.05) is 18.6 Å². The van der Waals surface area contributed by atoms with Gasteiger partial charge in [0.05, 0.1) is 6.33 Å². The molecule has 0 atom stereocenters. The monoisotopic (exact) mass is 216 g/mol. The molecule has 1 amide bonds. The van der Waals surface area contributed by atoms with Crippen LogP contribution in [0.25, 0.3) is 0 Å². The van der Waals surface area contributed by atoms with E-state index in [-0.39, 0.29) is 12.5 Å². The molecule has 0 aliphatic heterocycles. The molecule has 2 aromatic heterocycles. The summed E-state index contributed by atoms with van der Waals surface area (Å²) < 4.78 is 1.70. The predicted octanol–water partition coefficient (Wildman–Crippen LogP) is 1.23. The van der Waals surface area contributed by atoms with Crippen molar-refractivity contribution in [2.24, 2.45) is 0 Å². The standard InChI is InChI=1S/C11H12N4O/c1-9-2-3-10(13-6-9)14-11(16)7-15-5-4-12-8-15/h2-6,8H,7H2,1H3,(H,13,14,16). The third-order valence-corrected chi connectivity index (χ3v) is 2.06. The molecule has 0 aliphatic carbocycles. The van der Waals surface area contributed by atoms with Gasteiger partial charge in [-0.2, -0.15) is 0 Å². The van der Waals surface area contributed by atoms with E-state index < -0.39 is 0 Å². The molecule has 82 valence electrons. The maximum absolute atomic E-state index is 11.6.